The fraction of sp³-hybridized carbons (Fsp3) is 0.125. The van der Waals surface area contributed by atoms with E-state index in [-0.39, 0.29) is 0 Å². The molecule has 0 bridgehead atoms. The number of aryl methyl sites for hydroxylation is 1. The summed E-state index contributed by atoms with van der Waals surface area (Å²) in [5.41, 5.74) is 7.29. The number of nitrogen functional groups attached to an aromatic ring is 1. The van der Waals surface area contributed by atoms with Crippen molar-refractivity contribution >= 4 is 17.3 Å². The number of hydrogen-bond donors (Lipinski definition) is 3. The maximum atomic E-state index is 5.49. The fourth-order valence-corrected chi connectivity index (χ4v) is 1.06. The lowest BCUT2D eigenvalue weighted by Gasteiger charge is -2.03. The standard InChI is InChI=1S/C8H10N6/c1-5-6(2-11-14-5)12-8-4-10-3-7(9)13-8/h2-4H,1H3,(H,11,14)(H3,9,12,13). The van der Waals surface area contributed by atoms with E-state index in [4.69, 9.17) is 5.73 Å². The van der Waals surface area contributed by atoms with E-state index in [2.05, 4.69) is 25.5 Å². The Hall–Kier alpha value is -2.11. The van der Waals surface area contributed by atoms with Crippen LogP contribution in [0, 0.1) is 6.92 Å². The lowest BCUT2D eigenvalue weighted by atomic mass is 10.4. The largest absolute Gasteiger partial charge is 0.382 e. The van der Waals surface area contributed by atoms with Crippen LogP contribution in [0.1, 0.15) is 5.69 Å². The van der Waals surface area contributed by atoms with Gasteiger partial charge in [-0.3, -0.25) is 10.1 Å². The van der Waals surface area contributed by atoms with E-state index >= 15 is 0 Å². The van der Waals surface area contributed by atoms with E-state index in [0.29, 0.717) is 11.6 Å². The molecule has 2 heterocycles. The van der Waals surface area contributed by atoms with Gasteiger partial charge in [-0.25, -0.2) is 4.98 Å². The van der Waals surface area contributed by atoms with Gasteiger partial charge in [0.1, 0.15) is 5.82 Å². The predicted molar refractivity (Wildman–Crippen MR) is 53.1 cm³/mol. The molecule has 2 aromatic heterocycles. The highest BCUT2D eigenvalue weighted by atomic mass is 15.1. The van der Waals surface area contributed by atoms with Crippen LogP contribution < -0.4 is 11.1 Å². The molecule has 6 nitrogen and oxygen atoms in total. The maximum absolute atomic E-state index is 5.49. The molecule has 0 aliphatic carbocycles. The van der Waals surface area contributed by atoms with Crippen molar-refractivity contribution < 1.29 is 0 Å². The third-order valence-electron chi connectivity index (χ3n) is 1.75. The number of aromatic amines is 1. The van der Waals surface area contributed by atoms with Gasteiger partial charge in [0.2, 0.25) is 0 Å². The summed E-state index contributed by atoms with van der Waals surface area (Å²) >= 11 is 0. The van der Waals surface area contributed by atoms with Crippen LogP contribution in [0.5, 0.6) is 0 Å². The number of rotatable bonds is 2. The molecule has 72 valence electrons. The van der Waals surface area contributed by atoms with Crippen molar-refractivity contribution in [2.24, 2.45) is 0 Å². The Balaban J connectivity index is 2.23. The molecule has 2 rings (SSSR count). The predicted octanol–water partition coefficient (Wildman–Crippen LogP) is 0.834. The normalized spacial score (nSPS) is 10.1. The second-order valence-electron chi connectivity index (χ2n) is 2.86. The van der Waals surface area contributed by atoms with Gasteiger partial charge in [0.05, 0.1) is 30.0 Å². The molecular weight excluding hydrogens is 180 g/mol. The summed E-state index contributed by atoms with van der Waals surface area (Å²) in [7, 11) is 0. The minimum atomic E-state index is 0.385. The first-order chi connectivity index (χ1) is 6.75. The summed E-state index contributed by atoms with van der Waals surface area (Å²) in [5, 5.41) is 9.73. The molecule has 2 aromatic rings. The van der Waals surface area contributed by atoms with Gasteiger partial charge in [0.25, 0.3) is 0 Å². The Kier molecular flexibility index (Phi) is 2.02. The van der Waals surface area contributed by atoms with Gasteiger partial charge in [0, 0.05) is 0 Å². The molecule has 14 heavy (non-hydrogen) atoms. The molecule has 6 heteroatoms. The van der Waals surface area contributed by atoms with Crippen LogP contribution in [-0.4, -0.2) is 20.2 Å². The van der Waals surface area contributed by atoms with Gasteiger partial charge < -0.3 is 11.1 Å². The molecule has 0 aliphatic rings. The lowest BCUT2D eigenvalue weighted by molar-refractivity contribution is 1.05. The third-order valence-corrected chi connectivity index (χ3v) is 1.75. The van der Waals surface area contributed by atoms with E-state index in [0.717, 1.165) is 11.4 Å². The van der Waals surface area contributed by atoms with E-state index in [1.54, 1.807) is 12.4 Å². The van der Waals surface area contributed by atoms with Crippen molar-refractivity contribution in [1.82, 2.24) is 20.2 Å². The quantitative estimate of drug-likeness (QED) is 0.652. The molecule has 0 fully saturated rings. The first kappa shape index (κ1) is 8.49. The summed E-state index contributed by atoms with van der Waals surface area (Å²) in [5.74, 6) is 0.991. The zero-order valence-electron chi connectivity index (χ0n) is 7.65. The monoisotopic (exact) mass is 190 g/mol. The van der Waals surface area contributed by atoms with Crippen molar-refractivity contribution in [3.63, 3.8) is 0 Å². The van der Waals surface area contributed by atoms with Crippen molar-refractivity contribution in [2.75, 3.05) is 11.1 Å². The number of nitrogens with one attached hydrogen (secondary N) is 2. The Morgan fingerprint density at radius 1 is 1.36 bits per heavy atom. The maximum Gasteiger partial charge on any atom is 0.151 e. The minimum Gasteiger partial charge on any atom is -0.382 e. The van der Waals surface area contributed by atoms with E-state index in [9.17, 15) is 0 Å². The van der Waals surface area contributed by atoms with Gasteiger partial charge in [-0.1, -0.05) is 0 Å². The summed E-state index contributed by atoms with van der Waals surface area (Å²) < 4.78 is 0. The molecule has 0 spiro atoms. The Morgan fingerprint density at radius 2 is 2.21 bits per heavy atom. The third kappa shape index (κ3) is 1.63. The van der Waals surface area contributed by atoms with Crippen LogP contribution in [0.3, 0.4) is 0 Å². The van der Waals surface area contributed by atoms with E-state index in [1.165, 1.54) is 6.20 Å². The van der Waals surface area contributed by atoms with Crippen molar-refractivity contribution in [2.45, 2.75) is 6.92 Å². The summed E-state index contributed by atoms with van der Waals surface area (Å²) in [4.78, 5) is 7.97. The Morgan fingerprint density at radius 3 is 2.86 bits per heavy atom. The number of H-pyrrole nitrogens is 1. The first-order valence-corrected chi connectivity index (χ1v) is 4.10. The van der Waals surface area contributed by atoms with Crippen molar-refractivity contribution in [1.29, 1.82) is 0 Å². The Labute approximate surface area is 80.6 Å². The fourth-order valence-electron chi connectivity index (χ4n) is 1.06. The molecule has 0 amide bonds. The highest BCUT2D eigenvalue weighted by Crippen LogP contribution is 2.15. The summed E-state index contributed by atoms with van der Waals surface area (Å²) in [6, 6.07) is 0. The number of nitrogens with zero attached hydrogens (tertiary/aromatic N) is 3. The number of aromatic nitrogens is 4. The molecule has 4 N–H and O–H groups in total. The molecule has 0 saturated carbocycles. The van der Waals surface area contributed by atoms with E-state index in [1.807, 2.05) is 6.92 Å². The van der Waals surface area contributed by atoms with Crippen molar-refractivity contribution in [3.05, 3.63) is 24.3 Å². The van der Waals surface area contributed by atoms with Crippen LogP contribution in [0.4, 0.5) is 17.3 Å². The average molecular weight is 190 g/mol. The molecule has 0 aromatic carbocycles. The number of anilines is 3. The summed E-state index contributed by atoms with van der Waals surface area (Å²) in [6.45, 7) is 1.91. The molecule has 0 saturated heterocycles. The van der Waals surface area contributed by atoms with Crippen molar-refractivity contribution in [3.8, 4) is 0 Å². The second kappa shape index (κ2) is 3.33. The molecule has 0 unspecified atom stereocenters. The zero-order chi connectivity index (χ0) is 9.97. The first-order valence-electron chi connectivity index (χ1n) is 4.10. The van der Waals surface area contributed by atoms with Crippen LogP contribution in [0.15, 0.2) is 18.6 Å². The van der Waals surface area contributed by atoms with Gasteiger partial charge in [-0.05, 0) is 6.92 Å². The number of hydrogen-bond acceptors (Lipinski definition) is 5. The van der Waals surface area contributed by atoms with Gasteiger partial charge in [-0.15, -0.1) is 0 Å². The molecule has 0 atom stereocenters. The summed E-state index contributed by atoms with van der Waals surface area (Å²) in [6.07, 6.45) is 4.77. The van der Waals surface area contributed by atoms with Gasteiger partial charge in [-0.2, -0.15) is 5.10 Å². The van der Waals surface area contributed by atoms with Crippen LogP contribution >= 0.6 is 0 Å². The van der Waals surface area contributed by atoms with Crippen LogP contribution in [-0.2, 0) is 0 Å². The molecule has 0 aliphatic heterocycles. The second-order valence-corrected chi connectivity index (χ2v) is 2.86. The smallest absolute Gasteiger partial charge is 0.151 e. The number of nitrogens with two attached hydrogens (primary N) is 1. The highest BCUT2D eigenvalue weighted by molar-refractivity contribution is 5.57. The van der Waals surface area contributed by atoms with Crippen LogP contribution in [0.25, 0.3) is 0 Å². The minimum absolute atomic E-state index is 0.385. The SMILES string of the molecule is Cc1[nH]ncc1Nc1cncc(N)n1. The average Bonchev–Trinajstić information content (AvgIpc) is 2.52. The molecular formula is C8H10N6. The Bertz CT molecular complexity index is 435. The topological polar surface area (TPSA) is 92.5 Å². The zero-order valence-corrected chi connectivity index (χ0v) is 7.65. The van der Waals surface area contributed by atoms with E-state index < -0.39 is 0 Å². The van der Waals surface area contributed by atoms with Gasteiger partial charge in [0.15, 0.2) is 5.82 Å². The highest BCUT2D eigenvalue weighted by Gasteiger charge is 2.01. The lowest BCUT2D eigenvalue weighted by Crippen LogP contribution is -1.98. The van der Waals surface area contributed by atoms with Gasteiger partial charge >= 0.3 is 0 Å². The molecule has 0 radical (unpaired) electrons. The van der Waals surface area contributed by atoms with Crippen LogP contribution in [0.2, 0.25) is 0 Å².